The van der Waals surface area contributed by atoms with Crippen LogP contribution in [0, 0.1) is 0 Å². The number of piperidine rings is 1. The minimum Gasteiger partial charge on any atom is -0.481 e. The molecule has 0 atom stereocenters. The highest BCUT2D eigenvalue weighted by Crippen LogP contribution is 2.11. The predicted octanol–water partition coefficient (Wildman–Crippen LogP) is 0.390. The average Bonchev–Trinajstić information content (AvgIpc) is 2.54. The fourth-order valence-corrected chi connectivity index (χ4v) is 2.50. The first-order chi connectivity index (χ1) is 10.2. The minimum absolute atomic E-state index is 0.0852. The zero-order valence-corrected chi connectivity index (χ0v) is 12.8. The molecule has 2 N–H and O–H groups in total. The molecule has 1 aromatic heterocycles. The van der Waals surface area contributed by atoms with Gasteiger partial charge < -0.3 is 15.4 Å². The summed E-state index contributed by atoms with van der Waals surface area (Å²) in [6.45, 7) is 3.16. The number of methoxy groups -OCH3 is 1. The molecule has 0 aliphatic carbocycles. The normalized spacial score (nSPS) is 16.7. The Hall–Kier alpha value is -1.66. The van der Waals surface area contributed by atoms with Gasteiger partial charge in [-0.2, -0.15) is 0 Å². The predicted molar refractivity (Wildman–Crippen MR) is 81.2 cm³/mol. The number of hydrogen-bond acceptors (Lipinski definition) is 5. The number of nitrogens with zero attached hydrogens (tertiary/aromatic N) is 2. The molecule has 21 heavy (non-hydrogen) atoms. The van der Waals surface area contributed by atoms with Gasteiger partial charge in [0.2, 0.25) is 11.8 Å². The monoisotopic (exact) mass is 292 g/mol. The number of hydrogen-bond donors (Lipinski definition) is 2. The van der Waals surface area contributed by atoms with Crippen LogP contribution >= 0.6 is 0 Å². The van der Waals surface area contributed by atoms with Gasteiger partial charge in [-0.15, -0.1) is 0 Å². The first kappa shape index (κ1) is 15.7. The Morgan fingerprint density at radius 2 is 2.19 bits per heavy atom. The van der Waals surface area contributed by atoms with Gasteiger partial charge in [-0.3, -0.25) is 9.69 Å². The second-order valence-corrected chi connectivity index (χ2v) is 5.28. The van der Waals surface area contributed by atoms with Crippen molar-refractivity contribution in [1.82, 2.24) is 20.5 Å². The molecule has 1 saturated heterocycles. The number of aromatic nitrogens is 1. The lowest BCUT2D eigenvalue weighted by Gasteiger charge is -2.31. The Morgan fingerprint density at radius 3 is 2.86 bits per heavy atom. The van der Waals surface area contributed by atoms with Crippen molar-refractivity contribution in [3.05, 3.63) is 23.9 Å². The zero-order chi connectivity index (χ0) is 15.1. The third-order valence-electron chi connectivity index (χ3n) is 3.80. The summed E-state index contributed by atoms with van der Waals surface area (Å²) < 4.78 is 5.12. The van der Waals surface area contributed by atoms with Gasteiger partial charge in [-0.25, -0.2) is 4.98 Å². The van der Waals surface area contributed by atoms with Crippen LogP contribution in [0.1, 0.15) is 18.5 Å². The number of likely N-dealkylation sites (N-methyl/N-ethyl adjacent to an activating group) is 1. The van der Waals surface area contributed by atoms with Gasteiger partial charge in [0.25, 0.3) is 0 Å². The Labute approximate surface area is 125 Å². The van der Waals surface area contributed by atoms with E-state index < -0.39 is 0 Å². The molecule has 6 heteroatoms. The lowest BCUT2D eigenvalue weighted by atomic mass is 10.0. The fourth-order valence-electron chi connectivity index (χ4n) is 2.50. The van der Waals surface area contributed by atoms with E-state index in [-0.39, 0.29) is 5.91 Å². The molecule has 1 amide bonds. The number of pyridine rings is 1. The molecular weight excluding hydrogens is 268 g/mol. The molecule has 1 aliphatic heterocycles. The van der Waals surface area contributed by atoms with Crippen molar-refractivity contribution in [2.75, 3.05) is 33.8 Å². The van der Waals surface area contributed by atoms with E-state index in [2.05, 4.69) is 20.5 Å². The average molecular weight is 292 g/mol. The summed E-state index contributed by atoms with van der Waals surface area (Å²) in [5, 5.41) is 6.20. The number of ether oxygens (including phenoxy) is 1. The Morgan fingerprint density at radius 1 is 1.43 bits per heavy atom. The summed E-state index contributed by atoms with van der Waals surface area (Å²) >= 11 is 0. The van der Waals surface area contributed by atoms with Crippen molar-refractivity contribution < 1.29 is 9.53 Å². The first-order valence-corrected chi connectivity index (χ1v) is 7.37. The van der Waals surface area contributed by atoms with Crippen molar-refractivity contribution >= 4 is 5.91 Å². The van der Waals surface area contributed by atoms with E-state index in [1.165, 1.54) is 0 Å². The number of amides is 1. The van der Waals surface area contributed by atoms with E-state index in [1.807, 2.05) is 18.2 Å². The summed E-state index contributed by atoms with van der Waals surface area (Å²) in [4.78, 5) is 17.9. The highest BCUT2D eigenvalue weighted by atomic mass is 16.5. The lowest BCUT2D eigenvalue weighted by molar-refractivity contribution is -0.122. The van der Waals surface area contributed by atoms with Crippen molar-refractivity contribution in [2.45, 2.75) is 25.4 Å². The third-order valence-corrected chi connectivity index (χ3v) is 3.80. The SMILES string of the molecule is CNC(=O)CN1CCC(NCc2cccc(OC)n2)CC1. The summed E-state index contributed by atoms with van der Waals surface area (Å²) in [5.74, 6) is 0.733. The smallest absolute Gasteiger partial charge is 0.233 e. The number of rotatable bonds is 6. The van der Waals surface area contributed by atoms with Crippen LogP contribution in [-0.2, 0) is 11.3 Å². The van der Waals surface area contributed by atoms with Crippen LogP contribution in [0.15, 0.2) is 18.2 Å². The number of nitrogens with one attached hydrogen (secondary N) is 2. The molecule has 0 aromatic carbocycles. The van der Waals surface area contributed by atoms with Crippen molar-refractivity contribution in [3.63, 3.8) is 0 Å². The quantitative estimate of drug-likeness (QED) is 0.794. The maximum Gasteiger partial charge on any atom is 0.233 e. The summed E-state index contributed by atoms with van der Waals surface area (Å²) in [6, 6.07) is 6.28. The van der Waals surface area contributed by atoms with Crippen LogP contribution in [0.5, 0.6) is 5.88 Å². The van der Waals surface area contributed by atoms with Crippen LogP contribution in [0.3, 0.4) is 0 Å². The van der Waals surface area contributed by atoms with E-state index in [0.29, 0.717) is 18.5 Å². The van der Waals surface area contributed by atoms with E-state index in [1.54, 1.807) is 14.2 Å². The van der Waals surface area contributed by atoms with Gasteiger partial charge in [-0.1, -0.05) is 6.07 Å². The largest absolute Gasteiger partial charge is 0.481 e. The molecule has 2 rings (SSSR count). The van der Waals surface area contributed by atoms with Crippen molar-refractivity contribution in [2.24, 2.45) is 0 Å². The second-order valence-electron chi connectivity index (χ2n) is 5.28. The molecule has 0 saturated carbocycles. The Kier molecular flexibility index (Phi) is 5.95. The Balaban J connectivity index is 1.72. The molecule has 6 nitrogen and oxygen atoms in total. The van der Waals surface area contributed by atoms with Gasteiger partial charge in [0.05, 0.1) is 19.3 Å². The van der Waals surface area contributed by atoms with E-state index in [4.69, 9.17) is 4.74 Å². The standard InChI is InChI=1S/C15H24N4O2/c1-16-14(20)11-19-8-6-12(7-9-19)17-10-13-4-3-5-15(18-13)21-2/h3-5,12,17H,6-11H2,1-2H3,(H,16,20). The fraction of sp³-hybridized carbons (Fsp3) is 0.600. The van der Waals surface area contributed by atoms with Crippen LogP contribution in [0.4, 0.5) is 0 Å². The molecule has 2 heterocycles. The number of likely N-dealkylation sites (tertiary alicyclic amines) is 1. The van der Waals surface area contributed by atoms with Crippen LogP contribution < -0.4 is 15.4 Å². The Bertz CT molecular complexity index is 459. The van der Waals surface area contributed by atoms with Gasteiger partial charge in [0.15, 0.2) is 0 Å². The maximum absolute atomic E-state index is 11.3. The third kappa shape index (κ3) is 4.99. The highest BCUT2D eigenvalue weighted by Gasteiger charge is 2.20. The van der Waals surface area contributed by atoms with Gasteiger partial charge in [0.1, 0.15) is 0 Å². The number of carbonyl (C=O) groups is 1. The summed E-state index contributed by atoms with van der Waals surface area (Å²) in [5.41, 5.74) is 0.988. The maximum atomic E-state index is 11.3. The molecule has 116 valence electrons. The molecule has 0 unspecified atom stereocenters. The molecule has 1 aromatic rings. The zero-order valence-electron chi connectivity index (χ0n) is 12.8. The van der Waals surface area contributed by atoms with Crippen LogP contribution in [0.25, 0.3) is 0 Å². The lowest BCUT2D eigenvalue weighted by Crippen LogP contribution is -2.45. The van der Waals surface area contributed by atoms with E-state index in [0.717, 1.165) is 38.2 Å². The van der Waals surface area contributed by atoms with Crippen molar-refractivity contribution in [1.29, 1.82) is 0 Å². The molecule has 1 fully saturated rings. The van der Waals surface area contributed by atoms with Gasteiger partial charge in [0, 0.05) is 38.8 Å². The molecule has 0 spiro atoms. The van der Waals surface area contributed by atoms with E-state index >= 15 is 0 Å². The van der Waals surface area contributed by atoms with Crippen molar-refractivity contribution in [3.8, 4) is 5.88 Å². The topological polar surface area (TPSA) is 66.5 Å². The van der Waals surface area contributed by atoms with Gasteiger partial charge >= 0.3 is 0 Å². The summed E-state index contributed by atoms with van der Waals surface area (Å²) in [6.07, 6.45) is 2.11. The van der Waals surface area contributed by atoms with Crippen LogP contribution in [-0.4, -0.2) is 55.6 Å². The second kappa shape index (κ2) is 7.95. The summed E-state index contributed by atoms with van der Waals surface area (Å²) in [7, 11) is 3.31. The molecular formula is C15H24N4O2. The highest BCUT2D eigenvalue weighted by molar-refractivity contribution is 5.77. The van der Waals surface area contributed by atoms with E-state index in [9.17, 15) is 4.79 Å². The molecule has 0 bridgehead atoms. The van der Waals surface area contributed by atoms with Gasteiger partial charge in [-0.05, 0) is 18.9 Å². The number of carbonyl (C=O) groups excluding carboxylic acids is 1. The van der Waals surface area contributed by atoms with Crippen LogP contribution in [0.2, 0.25) is 0 Å². The molecule has 0 radical (unpaired) electrons. The first-order valence-electron chi connectivity index (χ1n) is 7.37. The minimum atomic E-state index is 0.0852. The molecule has 1 aliphatic rings.